The number of carbonyl (C=O) groups excluding carboxylic acids is 4. The van der Waals surface area contributed by atoms with Crippen molar-refractivity contribution in [3.8, 4) is 23.1 Å². The van der Waals surface area contributed by atoms with Gasteiger partial charge in [-0.2, -0.15) is 0 Å². The lowest BCUT2D eigenvalue weighted by molar-refractivity contribution is -0.137. The van der Waals surface area contributed by atoms with E-state index in [0.717, 1.165) is 53.3 Å². The normalized spacial score (nSPS) is 20.9. The van der Waals surface area contributed by atoms with E-state index in [1.165, 1.54) is 14.2 Å². The summed E-state index contributed by atoms with van der Waals surface area (Å²) in [5.41, 5.74) is 3.30. The number of alkyl carbamates (subject to hydrolysis) is 2. The maximum atomic E-state index is 14.0. The largest absolute Gasteiger partial charge is 0.453 e. The van der Waals surface area contributed by atoms with Gasteiger partial charge in [-0.15, -0.1) is 0 Å². The minimum Gasteiger partial charge on any atom is -0.453 e. The number of fused-ring (bicyclic) bond motifs is 1. The number of H-pyrrole nitrogens is 2. The third-order valence-electron chi connectivity index (χ3n) is 12.3. The zero-order valence-electron chi connectivity index (χ0n) is 34.0. The van der Waals surface area contributed by atoms with Gasteiger partial charge in [-0.25, -0.2) is 19.6 Å². The number of imidazole rings is 2. The van der Waals surface area contributed by atoms with Gasteiger partial charge < -0.3 is 49.3 Å². The van der Waals surface area contributed by atoms with Crippen molar-refractivity contribution in [3.05, 3.63) is 71.7 Å². The Bertz CT molecular complexity index is 2250. The summed E-state index contributed by atoms with van der Waals surface area (Å²) in [6.07, 6.45) is 8.19. The molecule has 4 amide bonds. The van der Waals surface area contributed by atoms with Crippen molar-refractivity contribution in [1.29, 1.82) is 0 Å². The number of hydrogen-bond donors (Lipinski definition) is 4. The van der Waals surface area contributed by atoms with Crippen molar-refractivity contribution < 1.29 is 38.1 Å². The molecule has 4 aliphatic heterocycles. The number of amides is 4. The van der Waals surface area contributed by atoms with E-state index in [2.05, 4.69) is 49.6 Å². The van der Waals surface area contributed by atoms with E-state index < -0.39 is 24.3 Å². The second-order valence-corrected chi connectivity index (χ2v) is 15.9. The summed E-state index contributed by atoms with van der Waals surface area (Å²) in [6, 6.07) is 10.4. The molecule has 4 N–H and O–H groups in total. The van der Waals surface area contributed by atoms with Gasteiger partial charge >= 0.3 is 12.2 Å². The number of ether oxygens (including phenoxy) is 4. The summed E-state index contributed by atoms with van der Waals surface area (Å²) >= 11 is 0. The number of aromatic amines is 2. The fourth-order valence-electron chi connectivity index (χ4n) is 9.07. The number of carbonyl (C=O) groups is 4. The average Bonchev–Trinajstić information content (AvgIpc) is 4.14. The smallest absolute Gasteiger partial charge is 0.407 e. The quantitative estimate of drug-likeness (QED) is 0.168. The maximum Gasteiger partial charge on any atom is 0.407 e. The Morgan fingerprint density at radius 2 is 1.23 bits per heavy atom. The fourth-order valence-corrected chi connectivity index (χ4v) is 9.07. The zero-order chi connectivity index (χ0) is 41.6. The summed E-state index contributed by atoms with van der Waals surface area (Å²) in [6.45, 7) is 3.37. The highest BCUT2D eigenvalue weighted by atomic mass is 16.5. The summed E-state index contributed by atoms with van der Waals surface area (Å²) in [5.74, 6) is 7.52. The maximum absolute atomic E-state index is 14.0. The number of nitrogens with zero attached hydrogens (tertiary/aromatic N) is 4. The van der Waals surface area contributed by atoms with Crippen molar-refractivity contribution in [2.75, 3.05) is 53.7 Å². The van der Waals surface area contributed by atoms with Crippen LogP contribution in [0.1, 0.15) is 86.4 Å². The number of nitrogens with one attached hydrogen (secondary N) is 4. The van der Waals surface area contributed by atoms with Gasteiger partial charge in [0.1, 0.15) is 29.4 Å². The Hall–Kier alpha value is -5.92. The molecule has 4 saturated heterocycles. The lowest BCUT2D eigenvalue weighted by atomic mass is 9.90. The van der Waals surface area contributed by atoms with Crippen LogP contribution in [-0.2, 0) is 28.5 Å². The summed E-state index contributed by atoms with van der Waals surface area (Å²) in [7, 11) is 2.60. The average molecular weight is 821 g/mol. The van der Waals surface area contributed by atoms with Crippen LogP contribution in [0.15, 0.2) is 48.8 Å². The predicted octanol–water partition coefficient (Wildman–Crippen LogP) is 4.98. The first-order chi connectivity index (χ1) is 29.3. The first kappa shape index (κ1) is 40.8. The molecule has 316 valence electrons. The van der Waals surface area contributed by atoms with Gasteiger partial charge in [0.05, 0.1) is 44.4 Å². The van der Waals surface area contributed by atoms with Crippen molar-refractivity contribution in [1.82, 2.24) is 40.4 Å². The molecule has 2 aromatic heterocycles. The number of rotatable bonds is 9. The lowest BCUT2D eigenvalue weighted by Crippen LogP contribution is -2.53. The van der Waals surface area contributed by atoms with Gasteiger partial charge in [-0.3, -0.25) is 9.59 Å². The molecule has 16 nitrogen and oxygen atoms in total. The van der Waals surface area contributed by atoms with Crippen molar-refractivity contribution in [2.24, 2.45) is 11.8 Å². The monoisotopic (exact) mass is 820 g/mol. The molecule has 0 aliphatic carbocycles. The van der Waals surface area contributed by atoms with E-state index >= 15 is 0 Å². The Balaban J connectivity index is 0.931. The number of hydrogen-bond acceptors (Lipinski definition) is 10. The predicted molar refractivity (Wildman–Crippen MR) is 219 cm³/mol. The number of likely N-dealkylation sites (tertiary alicyclic amines) is 2. The SMILES string of the molecule is COC(=O)NC(C(=O)N1CCC[C@H]1c1ncc(C#Cc2ccc3cc(-c4cnc([C@@H]5CCCN5C(=O)C(NC(=O)OC)C5CCOCC5)[nH]4)ccc3c2)[nH]1)C1CCOCC1. The molecule has 4 atom stereocenters. The van der Waals surface area contributed by atoms with Crippen LogP contribution < -0.4 is 10.6 Å². The van der Waals surface area contributed by atoms with E-state index in [0.29, 0.717) is 82.5 Å². The Labute approximate surface area is 348 Å². The van der Waals surface area contributed by atoms with Gasteiger partial charge in [0.25, 0.3) is 0 Å². The molecule has 0 radical (unpaired) electrons. The van der Waals surface area contributed by atoms with Crippen LogP contribution in [0.3, 0.4) is 0 Å². The number of methoxy groups -OCH3 is 2. The van der Waals surface area contributed by atoms with Crippen LogP contribution in [0.4, 0.5) is 9.59 Å². The molecule has 6 heterocycles. The summed E-state index contributed by atoms with van der Waals surface area (Å²) in [4.78, 5) is 72.2. The molecule has 0 spiro atoms. The molecule has 0 bridgehead atoms. The van der Waals surface area contributed by atoms with Gasteiger partial charge in [0.2, 0.25) is 11.8 Å². The lowest BCUT2D eigenvalue weighted by Gasteiger charge is -2.34. The summed E-state index contributed by atoms with van der Waals surface area (Å²) in [5, 5.41) is 7.67. The van der Waals surface area contributed by atoms with Gasteiger partial charge in [0, 0.05) is 50.6 Å². The molecule has 16 heteroatoms. The summed E-state index contributed by atoms with van der Waals surface area (Å²) < 4.78 is 20.7. The van der Waals surface area contributed by atoms with Gasteiger partial charge in [0.15, 0.2) is 0 Å². The molecule has 60 heavy (non-hydrogen) atoms. The van der Waals surface area contributed by atoms with Crippen LogP contribution in [0.5, 0.6) is 0 Å². The van der Waals surface area contributed by atoms with E-state index in [-0.39, 0.29) is 35.7 Å². The topological polar surface area (TPSA) is 193 Å². The molecular weight excluding hydrogens is 769 g/mol. The molecule has 8 rings (SSSR count). The van der Waals surface area contributed by atoms with Crippen LogP contribution in [0.25, 0.3) is 22.0 Å². The van der Waals surface area contributed by atoms with Crippen LogP contribution >= 0.6 is 0 Å². The van der Waals surface area contributed by atoms with Gasteiger partial charge in [-0.1, -0.05) is 24.1 Å². The third-order valence-corrected chi connectivity index (χ3v) is 12.3. The second kappa shape index (κ2) is 18.6. The Morgan fingerprint density at radius 3 is 1.82 bits per heavy atom. The Kier molecular flexibility index (Phi) is 12.6. The van der Waals surface area contributed by atoms with E-state index in [9.17, 15) is 19.2 Å². The fraction of sp³-hybridized carbons (Fsp3) is 0.500. The minimum absolute atomic E-state index is 0.0337. The third kappa shape index (κ3) is 8.97. The van der Waals surface area contributed by atoms with E-state index in [1.54, 1.807) is 6.20 Å². The standard InChI is InChI=1S/C44H52N8O8/c1-57-43(55)49-37(28-13-19-59-20-14-28)41(53)51-17-3-5-35(51)39-45-25-33(47-39)12-8-27-7-9-31-24-32(11-10-30(31)23-27)34-26-46-40(48-34)36-6-4-18-52(36)42(54)38(50-44(56)58-2)29-15-21-60-22-16-29/h7,9-11,23-26,28-29,35-38H,3-6,13-22H2,1-2H3,(H,45,47)(H,46,48)(H,49,55)(H,50,56)/t35-,36-,37?,38?/m0/s1. The van der Waals surface area contributed by atoms with Crippen molar-refractivity contribution in [3.63, 3.8) is 0 Å². The van der Waals surface area contributed by atoms with Gasteiger partial charge in [-0.05, 0) is 98.1 Å². The highest BCUT2D eigenvalue weighted by Crippen LogP contribution is 2.35. The second-order valence-electron chi connectivity index (χ2n) is 15.9. The van der Waals surface area contributed by atoms with Crippen molar-refractivity contribution >= 4 is 34.8 Å². The highest BCUT2D eigenvalue weighted by molar-refractivity contribution is 5.89. The van der Waals surface area contributed by atoms with E-state index in [1.807, 2.05) is 40.3 Å². The Morgan fingerprint density at radius 1 is 0.700 bits per heavy atom. The number of benzene rings is 2. The first-order valence-corrected chi connectivity index (χ1v) is 20.9. The highest BCUT2D eigenvalue weighted by Gasteiger charge is 2.41. The molecule has 2 unspecified atom stereocenters. The zero-order valence-corrected chi connectivity index (χ0v) is 34.0. The number of aromatic nitrogens is 4. The van der Waals surface area contributed by atoms with Crippen LogP contribution in [-0.4, -0.2) is 120 Å². The van der Waals surface area contributed by atoms with Crippen LogP contribution in [0.2, 0.25) is 0 Å². The molecule has 4 aromatic rings. The van der Waals surface area contributed by atoms with E-state index in [4.69, 9.17) is 23.9 Å². The molecule has 2 aromatic carbocycles. The minimum atomic E-state index is -0.697. The molecule has 4 fully saturated rings. The van der Waals surface area contributed by atoms with Crippen LogP contribution in [0, 0.1) is 23.7 Å². The molecular formula is C44H52N8O8. The molecule has 4 aliphatic rings. The first-order valence-electron chi connectivity index (χ1n) is 20.9. The molecule has 0 saturated carbocycles. The van der Waals surface area contributed by atoms with Crippen molar-refractivity contribution in [2.45, 2.75) is 75.5 Å².